The van der Waals surface area contributed by atoms with Gasteiger partial charge in [0.15, 0.2) is 13.6 Å². The van der Waals surface area contributed by atoms with Crippen molar-refractivity contribution in [2.24, 2.45) is 0 Å². The van der Waals surface area contributed by atoms with Crippen LogP contribution in [0.5, 0.6) is 11.5 Å². The Kier molecular flexibility index (Phi) is 12.2. The van der Waals surface area contributed by atoms with Crippen LogP contribution in [0.2, 0.25) is 0 Å². The van der Waals surface area contributed by atoms with E-state index in [0.29, 0.717) is 37.4 Å². The van der Waals surface area contributed by atoms with Gasteiger partial charge in [-0.3, -0.25) is 0 Å². The zero-order valence-electron chi connectivity index (χ0n) is 21.8. The molecule has 0 fully saturated rings. The summed E-state index contributed by atoms with van der Waals surface area (Å²) < 4.78 is 28.4. The average Bonchev–Trinajstić information content (AvgIpc) is 2.88. The molecule has 1 heterocycles. The van der Waals surface area contributed by atoms with Crippen LogP contribution in [-0.4, -0.2) is 50.1 Å². The molecule has 2 atom stereocenters. The molecular formula is C30H38O7. The molecule has 0 saturated heterocycles. The number of hydrogen-bond acceptors (Lipinski definition) is 7. The standard InChI is InChI=1S/C30H38O7/c1-3-33-21-35-27-19-24-18-25(31)15-11-6-5-7-12-16-26(17-23-13-9-8-10-14-23)37-30(32)29(24)28(20-27)36-22-34-4-2/h7-15,19-20,25-26,31H,3-6,16-18,21-22H2,1-2H3/b12-7+,15-11+/t25-,26+/m1/s1. The minimum Gasteiger partial charge on any atom is -0.467 e. The summed E-state index contributed by atoms with van der Waals surface area (Å²) in [5.74, 6) is 0.229. The molecule has 1 N–H and O–H groups in total. The molecule has 0 spiro atoms. The van der Waals surface area contributed by atoms with Crippen molar-refractivity contribution in [1.29, 1.82) is 0 Å². The van der Waals surface area contributed by atoms with Crippen molar-refractivity contribution in [2.75, 3.05) is 26.8 Å². The van der Waals surface area contributed by atoms with Crippen LogP contribution in [0.1, 0.15) is 54.6 Å². The van der Waals surface area contributed by atoms with Crippen LogP contribution in [0.25, 0.3) is 0 Å². The fourth-order valence-corrected chi connectivity index (χ4v) is 3.98. The number of allylic oxidation sites excluding steroid dienone is 2. The number of fused-ring (bicyclic) bond motifs is 1. The Morgan fingerprint density at radius 1 is 0.946 bits per heavy atom. The molecule has 200 valence electrons. The van der Waals surface area contributed by atoms with Crippen LogP contribution in [0, 0.1) is 0 Å². The van der Waals surface area contributed by atoms with Crippen molar-refractivity contribution in [1.82, 2.24) is 0 Å². The lowest BCUT2D eigenvalue weighted by atomic mass is 9.98. The van der Waals surface area contributed by atoms with Crippen molar-refractivity contribution in [2.45, 2.75) is 58.2 Å². The number of aliphatic hydroxyl groups is 1. The Bertz CT molecular complexity index is 1020. The predicted octanol–water partition coefficient (Wildman–Crippen LogP) is 5.40. The number of cyclic esters (lactones) is 1. The molecule has 7 heteroatoms. The van der Waals surface area contributed by atoms with Gasteiger partial charge in [0.25, 0.3) is 0 Å². The first-order valence-electron chi connectivity index (χ1n) is 12.9. The minimum atomic E-state index is -0.791. The van der Waals surface area contributed by atoms with Gasteiger partial charge in [0.2, 0.25) is 0 Å². The van der Waals surface area contributed by atoms with E-state index in [1.54, 1.807) is 18.2 Å². The minimum absolute atomic E-state index is 0.0379. The predicted molar refractivity (Wildman–Crippen MR) is 142 cm³/mol. The third-order valence-corrected chi connectivity index (χ3v) is 5.81. The summed E-state index contributed by atoms with van der Waals surface area (Å²) in [4.78, 5) is 13.7. The third kappa shape index (κ3) is 9.69. The molecule has 0 aromatic heterocycles. The Morgan fingerprint density at radius 3 is 2.43 bits per heavy atom. The van der Waals surface area contributed by atoms with Gasteiger partial charge in [0.05, 0.1) is 6.10 Å². The molecular weight excluding hydrogens is 472 g/mol. The quantitative estimate of drug-likeness (QED) is 0.198. The summed E-state index contributed by atoms with van der Waals surface area (Å²) >= 11 is 0. The van der Waals surface area contributed by atoms with E-state index < -0.39 is 12.1 Å². The van der Waals surface area contributed by atoms with Crippen molar-refractivity contribution in [3.63, 3.8) is 0 Å². The Labute approximate surface area is 219 Å². The van der Waals surface area contributed by atoms with Gasteiger partial charge in [-0.15, -0.1) is 0 Å². The molecule has 0 saturated carbocycles. The van der Waals surface area contributed by atoms with E-state index in [9.17, 15) is 9.90 Å². The van der Waals surface area contributed by atoms with Crippen LogP contribution in [-0.2, 0) is 27.1 Å². The molecule has 0 unspecified atom stereocenters. The van der Waals surface area contributed by atoms with E-state index in [1.165, 1.54) is 0 Å². The zero-order chi connectivity index (χ0) is 26.3. The van der Waals surface area contributed by atoms with Crippen molar-refractivity contribution in [3.8, 4) is 11.5 Å². The highest BCUT2D eigenvalue weighted by molar-refractivity contribution is 5.95. The van der Waals surface area contributed by atoms with Crippen molar-refractivity contribution < 1.29 is 33.6 Å². The molecule has 0 aliphatic carbocycles. The molecule has 0 bridgehead atoms. The van der Waals surface area contributed by atoms with Gasteiger partial charge >= 0.3 is 5.97 Å². The molecule has 0 amide bonds. The normalized spacial score (nSPS) is 20.2. The Balaban J connectivity index is 1.99. The van der Waals surface area contributed by atoms with Crippen molar-refractivity contribution in [3.05, 3.63) is 83.5 Å². The van der Waals surface area contributed by atoms with E-state index in [4.69, 9.17) is 23.7 Å². The Hall–Kier alpha value is -3.13. The second kappa shape index (κ2) is 15.9. The molecule has 3 rings (SSSR count). The highest BCUT2D eigenvalue weighted by Gasteiger charge is 2.25. The first kappa shape index (κ1) is 28.4. The van der Waals surface area contributed by atoms with Crippen LogP contribution >= 0.6 is 0 Å². The average molecular weight is 511 g/mol. The molecule has 1 aliphatic rings. The van der Waals surface area contributed by atoms with Gasteiger partial charge in [-0.05, 0) is 43.9 Å². The van der Waals surface area contributed by atoms with Gasteiger partial charge in [0, 0.05) is 38.5 Å². The largest absolute Gasteiger partial charge is 0.467 e. The lowest BCUT2D eigenvalue weighted by molar-refractivity contribution is 0.0155. The molecule has 37 heavy (non-hydrogen) atoms. The number of hydrogen-bond donors (Lipinski definition) is 1. The summed E-state index contributed by atoms with van der Waals surface area (Å²) in [6.07, 6.45) is 9.71. The second-order valence-electron chi connectivity index (χ2n) is 8.67. The third-order valence-electron chi connectivity index (χ3n) is 5.81. The maximum absolute atomic E-state index is 13.7. The summed E-state index contributed by atoms with van der Waals surface area (Å²) in [6, 6.07) is 13.3. The topological polar surface area (TPSA) is 83.5 Å². The van der Waals surface area contributed by atoms with E-state index in [1.807, 2.05) is 50.3 Å². The number of aliphatic hydroxyl groups excluding tert-OH is 1. The molecule has 7 nitrogen and oxygen atoms in total. The molecule has 2 aromatic carbocycles. The first-order valence-corrected chi connectivity index (χ1v) is 12.9. The SMILES string of the molecule is CCOCOc1cc2c(c(OCOCC)c1)C(=O)O[C@H](Cc1ccccc1)C/C=C/CC/C=C/[C@@H](O)C2. The van der Waals surface area contributed by atoms with E-state index in [-0.39, 0.29) is 37.4 Å². The van der Waals surface area contributed by atoms with Crippen LogP contribution in [0.4, 0.5) is 0 Å². The highest BCUT2D eigenvalue weighted by atomic mass is 16.7. The van der Waals surface area contributed by atoms with Gasteiger partial charge in [-0.25, -0.2) is 4.79 Å². The van der Waals surface area contributed by atoms with Crippen LogP contribution in [0.15, 0.2) is 66.8 Å². The second-order valence-corrected chi connectivity index (χ2v) is 8.67. The maximum Gasteiger partial charge on any atom is 0.342 e. The number of ether oxygens (including phenoxy) is 5. The summed E-state index contributed by atoms with van der Waals surface area (Å²) in [5, 5.41) is 10.7. The number of carbonyl (C=O) groups excluding carboxylic acids is 1. The van der Waals surface area contributed by atoms with E-state index in [0.717, 1.165) is 18.4 Å². The number of esters is 1. The number of benzene rings is 2. The lowest BCUT2D eigenvalue weighted by Gasteiger charge is -2.21. The first-order chi connectivity index (χ1) is 18.1. The lowest BCUT2D eigenvalue weighted by Crippen LogP contribution is -2.23. The van der Waals surface area contributed by atoms with E-state index >= 15 is 0 Å². The zero-order valence-corrected chi connectivity index (χ0v) is 21.8. The molecule has 2 aromatic rings. The summed E-state index contributed by atoms with van der Waals surface area (Å²) in [6.45, 7) is 4.72. The fraction of sp³-hybridized carbons (Fsp3) is 0.433. The highest BCUT2D eigenvalue weighted by Crippen LogP contribution is 2.32. The summed E-state index contributed by atoms with van der Waals surface area (Å²) in [7, 11) is 0. The number of carbonyl (C=O) groups is 1. The van der Waals surface area contributed by atoms with E-state index in [2.05, 4.69) is 12.2 Å². The van der Waals surface area contributed by atoms with Crippen LogP contribution < -0.4 is 9.47 Å². The van der Waals surface area contributed by atoms with Gasteiger partial charge < -0.3 is 28.8 Å². The Morgan fingerprint density at radius 2 is 1.68 bits per heavy atom. The molecule has 0 radical (unpaired) electrons. The molecule has 1 aliphatic heterocycles. The fourth-order valence-electron chi connectivity index (χ4n) is 3.98. The van der Waals surface area contributed by atoms with Gasteiger partial charge in [-0.2, -0.15) is 0 Å². The smallest absolute Gasteiger partial charge is 0.342 e. The monoisotopic (exact) mass is 510 g/mol. The maximum atomic E-state index is 13.7. The summed E-state index contributed by atoms with van der Waals surface area (Å²) in [5.41, 5.74) is 1.91. The van der Waals surface area contributed by atoms with Gasteiger partial charge in [0.1, 0.15) is 23.2 Å². The number of rotatable bonds is 10. The van der Waals surface area contributed by atoms with Gasteiger partial charge in [-0.1, -0.05) is 54.6 Å². The van der Waals surface area contributed by atoms with Crippen LogP contribution in [0.3, 0.4) is 0 Å². The van der Waals surface area contributed by atoms with Crippen molar-refractivity contribution >= 4 is 5.97 Å².